The van der Waals surface area contributed by atoms with E-state index in [1.54, 1.807) is 11.1 Å². The summed E-state index contributed by atoms with van der Waals surface area (Å²) in [6.07, 6.45) is 56.0. The maximum Gasteiger partial charge on any atom is 0.104 e. The number of carbonyl (C=O) groups is 2. The molecule has 1 aromatic rings. The van der Waals surface area contributed by atoms with Crippen molar-refractivity contribution >= 4 is 11.9 Å². The number of carboxylic acids is 2. The van der Waals surface area contributed by atoms with Crippen molar-refractivity contribution in [1.29, 1.82) is 0 Å². The highest BCUT2D eigenvalue weighted by molar-refractivity contribution is 5.86. The van der Waals surface area contributed by atoms with Gasteiger partial charge in [-0.05, 0) is 79.1 Å². The molecule has 4 unspecified atom stereocenters. The highest BCUT2D eigenvalue weighted by Crippen LogP contribution is 2.17. The minimum atomic E-state index is -1.63. The van der Waals surface area contributed by atoms with Gasteiger partial charge in [0.25, 0.3) is 0 Å². The summed E-state index contributed by atoms with van der Waals surface area (Å²) in [5, 5.41) is 18.6. The van der Waals surface area contributed by atoms with E-state index in [2.05, 4.69) is 79.7 Å². The van der Waals surface area contributed by atoms with Gasteiger partial charge in [-0.1, -0.05) is 257 Å². The molecule has 4 atom stereocenters. The average molecular weight is 970 g/mol. The second kappa shape index (κ2) is 49.6. The lowest BCUT2D eigenvalue weighted by Crippen LogP contribution is -3.18. The summed E-state index contributed by atoms with van der Waals surface area (Å²) in [5.74, 6) is -3.25. The van der Waals surface area contributed by atoms with Gasteiger partial charge in [-0.2, -0.15) is 0 Å². The monoisotopic (exact) mass is 969 g/mol. The third kappa shape index (κ3) is 41.3. The molecule has 0 heterocycles. The van der Waals surface area contributed by atoms with Gasteiger partial charge in [0, 0.05) is 29.5 Å². The first-order chi connectivity index (χ1) is 33.5. The molecule has 0 aliphatic rings. The fourth-order valence-electron chi connectivity index (χ4n) is 10.9. The number of quaternary nitrogens is 2. The molecule has 1 aromatic carbocycles. The minimum absolute atomic E-state index is 0.723. The van der Waals surface area contributed by atoms with Crippen molar-refractivity contribution in [2.75, 3.05) is 0 Å². The summed E-state index contributed by atoms with van der Waals surface area (Å²) in [7, 11) is 0. The standard InChI is InChI=1S/C60H116N2.C3H4O4/c1-9-13-17-21-25-29-33-37-41-47-55(5)61(56(6)48-42-38-34-30-26-22-18-14-10-2)53-59-51-45-46-52-60(59)54-62(57(7)49-43-39-35-31-27-23-19-15-11-3)58(8)50-44-40-36-32-28-24-20-16-12-4;4-2(5)1-3(6)7/h45-46,51-52,55-58H,9-44,47-50,53-54H2,1-8H3;1H2,(H,4,5)(H,6,7). The van der Waals surface area contributed by atoms with E-state index in [9.17, 15) is 19.8 Å². The summed E-state index contributed by atoms with van der Waals surface area (Å²) in [6, 6.07) is 12.7. The molecule has 0 spiro atoms. The van der Waals surface area contributed by atoms with E-state index in [1.165, 1.54) is 270 Å². The normalized spacial score (nSPS) is 14.1. The Balaban J connectivity index is 0.00000609. The molecule has 69 heavy (non-hydrogen) atoms. The van der Waals surface area contributed by atoms with Crippen molar-refractivity contribution in [1.82, 2.24) is 0 Å². The zero-order valence-corrected chi connectivity index (χ0v) is 47.7. The number of aliphatic carboxylic acids is 2. The van der Waals surface area contributed by atoms with Crippen LogP contribution in [0.25, 0.3) is 0 Å². The lowest BCUT2D eigenvalue weighted by molar-refractivity contribution is -0.963. The van der Waals surface area contributed by atoms with Gasteiger partial charge < -0.3 is 29.6 Å². The van der Waals surface area contributed by atoms with Gasteiger partial charge in [0.1, 0.15) is 13.1 Å². The Morgan fingerprint density at radius 2 is 0.536 bits per heavy atom. The van der Waals surface area contributed by atoms with Crippen molar-refractivity contribution in [3.05, 3.63) is 35.4 Å². The number of nitrogens with one attached hydrogen (secondary N) is 2. The fraction of sp³-hybridized carbons (Fsp3) is 0.873. The lowest BCUT2D eigenvalue weighted by atomic mass is 9.97. The maximum absolute atomic E-state index is 9.28. The van der Waals surface area contributed by atoms with Gasteiger partial charge in [0.05, 0.1) is 24.2 Å². The van der Waals surface area contributed by atoms with Crippen LogP contribution in [0.1, 0.15) is 330 Å². The van der Waals surface area contributed by atoms with Crippen LogP contribution < -0.4 is 20.0 Å². The van der Waals surface area contributed by atoms with Crippen molar-refractivity contribution in [3.63, 3.8) is 0 Å². The second-order valence-corrected chi connectivity index (χ2v) is 22.3. The van der Waals surface area contributed by atoms with E-state index in [0.29, 0.717) is 0 Å². The van der Waals surface area contributed by atoms with Crippen molar-refractivity contribution in [2.45, 2.75) is 356 Å². The molecule has 0 saturated carbocycles. The van der Waals surface area contributed by atoms with Crippen LogP contribution in [0.2, 0.25) is 0 Å². The number of benzene rings is 1. The Bertz CT molecular complexity index is 1110. The number of hydrogen-bond donors (Lipinski definition) is 2. The molecule has 0 saturated heterocycles. The van der Waals surface area contributed by atoms with E-state index in [-0.39, 0.29) is 0 Å². The molecule has 0 bridgehead atoms. The predicted octanol–water partition coefficient (Wildman–Crippen LogP) is 14.6. The smallest absolute Gasteiger partial charge is 0.104 e. The number of hydrogen-bond acceptors (Lipinski definition) is 4. The molecule has 1 rings (SSSR count). The van der Waals surface area contributed by atoms with Gasteiger partial charge in [0.15, 0.2) is 0 Å². The minimum Gasteiger partial charge on any atom is -0.550 e. The van der Waals surface area contributed by atoms with E-state index >= 15 is 0 Å². The van der Waals surface area contributed by atoms with Gasteiger partial charge in [-0.3, -0.25) is 0 Å². The van der Waals surface area contributed by atoms with E-state index in [4.69, 9.17) is 0 Å². The molecule has 0 aromatic heterocycles. The molecule has 6 nitrogen and oxygen atoms in total. The van der Waals surface area contributed by atoms with Gasteiger partial charge >= 0.3 is 0 Å². The zero-order valence-electron chi connectivity index (χ0n) is 47.7. The van der Waals surface area contributed by atoms with Crippen LogP contribution in [-0.2, 0) is 22.7 Å². The Morgan fingerprint density at radius 1 is 0.348 bits per heavy atom. The largest absolute Gasteiger partial charge is 0.550 e. The summed E-state index contributed by atoms with van der Waals surface area (Å²) >= 11 is 0. The third-order valence-electron chi connectivity index (χ3n) is 15.7. The molecule has 0 amide bonds. The fourth-order valence-corrected chi connectivity index (χ4v) is 10.9. The van der Waals surface area contributed by atoms with Crippen molar-refractivity contribution < 1.29 is 29.6 Å². The first-order valence-corrected chi connectivity index (χ1v) is 30.7. The molecule has 0 fully saturated rings. The van der Waals surface area contributed by atoms with Crippen molar-refractivity contribution in [3.8, 4) is 0 Å². The predicted molar refractivity (Wildman–Crippen MR) is 296 cm³/mol. The molecule has 6 heteroatoms. The average Bonchev–Trinajstić information content (AvgIpc) is 3.32. The Labute approximate surface area is 431 Å². The van der Waals surface area contributed by atoms with Crippen LogP contribution >= 0.6 is 0 Å². The summed E-state index contributed by atoms with van der Waals surface area (Å²) in [5.41, 5.74) is 3.31. The molecular weight excluding hydrogens is 849 g/mol. The van der Waals surface area contributed by atoms with Crippen LogP contribution in [0.5, 0.6) is 0 Å². The van der Waals surface area contributed by atoms with E-state index in [1.807, 2.05) is 9.80 Å². The van der Waals surface area contributed by atoms with Crippen LogP contribution in [0, 0.1) is 0 Å². The Hall–Kier alpha value is -1.92. The van der Waals surface area contributed by atoms with E-state index in [0.717, 1.165) is 24.2 Å². The van der Waals surface area contributed by atoms with Crippen LogP contribution in [0.3, 0.4) is 0 Å². The summed E-state index contributed by atoms with van der Waals surface area (Å²) in [4.78, 5) is 22.3. The summed E-state index contributed by atoms with van der Waals surface area (Å²) < 4.78 is 0. The highest BCUT2D eigenvalue weighted by Gasteiger charge is 2.28. The van der Waals surface area contributed by atoms with Gasteiger partial charge in [-0.15, -0.1) is 0 Å². The molecule has 2 N–H and O–H groups in total. The number of unbranched alkanes of at least 4 members (excludes halogenated alkanes) is 32. The quantitative estimate of drug-likeness (QED) is 0.0503. The second-order valence-electron chi connectivity index (χ2n) is 22.3. The topological polar surface area (TPSA) is 89.1 Å². The van der Waals surface area contributed by atoms with Crippen LogP contribution in [0.15, 0.2) is 24.3 Å². The van der Waals surface area contributed by atoms with Gasteiger partial charge in [0.2, 0.25) is 0 Å². The number of carboxylic acid groups (broad SMARTS) is 2. The Kier molecular flexibility index (Phi) is 48.3. The SMILES string of the molecule is CCCCCCCCCCCC(C)[NH+](Cc1ccccc1C[NH+](C(C)CCCCCCCCCCC)C(C)CCCCCCCCCCC)C(C)CCCCCCCCCCC.O=C([O-])CC(=O)[O-]. The maximum atomic E-state index is 9.28. The molecule has 406 valence electrons. The molecular formula is C63H120N2O4. The van der Waals surface area contributed by atoms with E-state index < -0.39 is 18.4 Å². The third-order valence-corrected chi connectivity index (χ3v) is 15.7. The van der Waals surface area contributed by atoms with Crippen LogP contribution in [-0.4, -0.2) is 36.1 Å². The zero-order chi connectivity index (χ0) is 51.0. The lowest BCUT2D eigenvalue weighted by Gasteiger charge is -2.34. The van der Waals surface area contributed by atoms with Crippen LogP contribution in [0.4, 0.5) is 0 Å². The van der Waals surface area contributed by atoms with Gasteiger partial charge in [-0.25, -0.2) is 0 Å². The Morgan fingerprint density at radius 3 is 0.710 bits per heavy atom. The number of carbonyl (C=O) groups excluding carboxylic acids is 2. The van der Waals surface area contributed by atoms with Crippen molar-refractivity contribution in [2.24, 2.45) is 0 Å². The molecule has 0 aliphatic carbocycles. The molecule has 0 aliphatic heterocycles. The number of rotatable bonds is 50. The first kappa shape index (κ1) is 67.1. The first-order valence-electron chi connectivity index (χ1n) is 30.7. The molecule has 0 radical (unpaired) electrons. The highest BCUT2D eigenvalue weighted by atomic mass is 16.4. The summed E-state index contributed by atoms with van der Waals surface area (Å²) in [6.45, 7) is 22.2.